The maximum atomic E-state index is 12.2. The van der Waals surface area contributed by atoms with E-state index in [4.69, 9.17) is 0 Å². The number of hydrogen-bond donors (Lipinski definition) is 1. The van der Waals surface area contributed by atoms with Crippen molar-refractivity contribution in [1.82, 2.24) is 4.98 Å². The monoisotopic (exact) mass is 230 g/mol. The third-order valence-corrected chi connectivity index (χ3v) is 4.21. The topological polar surface area (TPSA) is 42.0 Å². The molecule has 0 saturated heterocycles. The summed E-state index contributed by atoms with van der Waals surface area (Å²) in [4.78, 5) is 16.5. The van der Waals surface area contributed by atoms with Crippen LogP contribution in [0.5, 0.6) is 0 Å². The summed E-state index contributed by atoms with van der Waals surface area (Å²) >= 11 is 0. The smallest absolute Gasteiger partial charge is 0.228 e. The quantitative estimate of drug-likeness (QED) is 0.848. The predicted octanol–water partition coefficient (Wildman–Crippen LogP) is 2.76. The molecule has 2 aliphatic rings. The molecule has 2 bridgehead atoms. The Morgan fingerprint density at radius 1 is 1.35 bits per heavy atom. The summed E-state index contributed by atoms with van der Waals surface area (Å²) in [5.41, 5.74) is 0.941. The fourth-order valence-electron chi connectivity index (χ4n) is 3.40. The van der Waals surface area contributed by atoms with Crippen LogP contribution in [-0.4, -0.2) is 10.9 Å². The zero-order chi connectivity index (χ0) is 11.8. The van der Waals surface area contributed by atoms with Crippen LogP contribution >= 0.6 is 0 Å². The van der Waals surface area contributed by atoms with Crippen LogP contribution in [0.1, 0.15) is 31.4 Å². The number of carbonyl (C=O) groups is 1. The normalized spacial score (nSPS) is 30.5. The van der Waals surface area contributed by atoms with Gasteiger partial charge in [0.1, 0.15) is 5.82 Å². The predicted molar refractivity (Wildman–Crippen MR) is 66.5 cm³/mol. The molecular weight excluding hydrogens is 212 g/mol. The molecule has 0 spiro atoms. The van der Waals surface area contributed by atoms with Crippen LogP contribution in [0.3, 0.4) is 0 Å². The first-order valence-corrected chi connectivity index (χ1v) is 6.47. The molecule has 0 aromatic carbocycles. The van der Waals surface area contributed by atoms with Crippen molar-refractivity contribution in [1.29, 1.82) is 0 Å². The van der Waals surface area contributed by atoms with E-state index in [0.717, 1.165) is 18.0 Å². The molecule has 1 N–H and O–H groups in total. The molecule has 1 amide bonds. The van der Waals surface area contributed by atoms with Gasteiger partial charge in [-0.1, -0.05) is 12.5 Å². The van der Waals surface area contributed by atoms with Crippen molar-refractivity contribution in [3.05, 3.63) is 23.9 Å². The number of aryl methyl sites for hydroxylation is 1. The molecule has 3 atom stereocenters. The number of hydrogen-bond acceptors (Lipinski definition) is 2. The molecule has 0 radical (unpaired) electrons. The van der Waals surface area contributed by atoms with Crippen molar-refractivity contribution in [2.24, 2.45) is 17.8 Å². The minimum absolute atomic E-state index is 0.176. The minimum atomic E-state index is 0.176. The van der Waals surface area contributed by atoms with Crippen molar-refractivity contribution >= 4 is 11.7 Å². The Balaban J connectivity index is 1.68. The molecule has 0 unspecified atom stereocenters. The molecule has 3 heteroatoms. The van der Waals surface area contributed by atoms with Crippen LogP contribution in [-0.2, 0) is 4.79 Å². The number of aromatic nitrogens is 1. The van der Waals surface area contributed by atoms with Gasteiger partial charge in [-0.2, -0.15) is 0 Å². The van der Waals surface area contributed by atoms with E-state index >= 15 is 0 Å². The van der Waals surface area contributed by atoms with Crippen molar-refractivity contribution in [3.63, 3.8) is 0 Å². The first-order chi connectivity index (χ1) is 8.22. The molecule has 1 heterocycles. The van der Waals surface area contributed by atoms with Crippen LogP contribution < -0.4 is 5.32 Å². The Kier molecular flexibility index (Phi) is 2.61. The highest BCUT2D eigenvalue weighted by Gasteiger charge is 2.43. The zero-order valence-electron chi connectivity index (χ0n) is 10.1. The Labute approximate surface area is 102 Å². The lowest BCUT2D eigenvalue weighted by Crippen LogP contribution is -2.27. The summed E-state index contributed by atoms with van der Waals surface area (Å²) in [6, 6.07) is 5.73. The van der Waals surface area contributed by atoms with E-state index in [-0.39, 0.29) is 11.8 Å². The highest BCUT2D eigenvalue weighted by molar-refractivity contribution is 5.92. The molecule has 3 nitrogen and oxygen atoms in total. The van der Waals surface area contributed by atoms with E-state index in [1.54, 1.807) is 0 Å². The molecule has 1 aromatic rings. The molecule has 0 aliphatic heterocycles. The lowest BCUT2D eigenvalue weighted by atomic mass is 9.88. The maximum Gasteiger partial charge on any atom is 0.228 e. The number of carbonyl (C=O) groups excluding carboxylic acids is 1. The average Bonchev–Trinajstić information content (AvgIpc) is 2.90. The number of rotatable bonds is 2. The van der Waals surface area contributed by atoms with Crippen molar-refractivity contribution in [2.45, 2.75) is 32.6 Å². The number of fused-ring (bicyclic) bond motifs is 2. The lowest BCUT2D eigenvalue weighted by molar-refractivity contribution is -0.121. The van der Waals surface area contributed by atoms with Gasteiger partial charge in [-0.05, 0) is 50.2 Å². The van der Waals surface area contributed by atoms with Crippen LogP contribution in [0.4, 0.5) is 5.82 Å². The van der Waals surface area contributed by atoms with Crippen molar-refractivity contribution in [2.75, 3.05) is 5.32 Å². The van der Waals surface area contributed by atoms with Gasteiger partial charge in [0.15, 0.2) is 0 Å². The maximum absolute atomic E-state index is 12.2. The summed E-state index contributed by atoms with van der Waals surface area (Å²) in [5, 5.41) is 2.96. The number of nitrogens with zero attached hydrogens (tertiary/aromatic N) is 1. The SMILES string of the molecule is Cc1cccc(NC(=O)[C@@H]2C[C@@H]3CC[C@@H]2C3)n1. The second-order valence-electron chi connectivity index (χ2n) is 5.43. The van der Waals surface area contributed by atoms with E-state index in [1.165, 1.54) is 19.3 Å². The number of pyridine rings is 1. The Bertz CT molecular complexity index is 444. The Morgan fingerprint density at radius 2 is 2.24 bits per heavy atom. The van der Waals surface area contributed by atoms with Gasteiger partial charge in [0.2, 0.25) is 5.91 Å². The molecule has 2 fully saturated rings. The van der Waals surface area contributed by atoms with Gasteiger partial charge in [-0.3, -0.25) is 4.79 Å². The van der Waals surface area contributed by atoms with E-state index < -0.39 is 0 Å². The van der Waals surface area contributed by atoms with Gasteiger partial charge >= 0.3 is 0 Å². The van der Waals surface area contributed by atoms with E-state index in [2.05, 4.69) is 10.3 Å². The fraction of sp³-hybridized carbons (Fsp3) is 0.571. The van der Waals surface area contributed by atoms with Crippen LogP contribution in [0.25, 0.3) is 0 Å². The van der Waals surface area contributed by atoms with E-state index in [1.807, 2.05) is 25.1 Å². The molecule has 3 rings (SSSR count). The second kappa shape index (κ2) is 4.13. The molecule has 1 aromatic heterocycles. The third-order valence-electron chi connectivity index (χ3n) is 4.21. The van der Waals surface area contributed by atoms with Crippen molar-refractivity contribution in [3.8, 4) is 0 Å². The molecule has 2 aliphatic carbocycles. The number of nitrogens with one attached hydrogen (secondary N) is 1. The van der Waals surface area contributed by atoms with Crippen LogP contribution in [0.15, 0.2) is 18.2 Å². The average molecular weight is 230 g/mol. The van der Waals surface area contributed by atoms with Gasteiger partial charge in [0, 0.05) is 11.6 Å². The van der Waals surface area contributed by atoms with E-state index in [0.29, 0.717) is 11.7 Å². The summed E-state index contributed by atoms with van der Waals surface area (Å²) in [5.74, 6) is 2.54. The van der Waals surface area contributed by atoms with Gasteiger partial charge in [-0.25, -0.2) is 4.98 Å². The lowest BCUT2D eigenvalue weighted by Gasteiger charge is -2.20. The number of amides is 1. The summed E-state index contributed by atoms with van der Waals surface area (Å²) in [7, 11) is 0. The van der Waals surface area contributed by atoms with Crippen LogP contribution in [0, 0.1) is 24.7 Å². The highest BCUT2D eigenvalue weighted by atomic mass is 16.2. The summed E-state index contributed by atoms with van der Waals surface area (Å²) in [6.07, 6.45) is 4.92. The van der Waals surface area contributed by atoms with E-state index in [9.17, 15) is 4.79 Å². The molecule has 2 saturated carbocycles. The second-order valence-corrected chi connectivity index (χ2v) is 5.43. The third kappa shape index (κ3) is 2.06. The summed E-state index contributed by atoms with van der Waals surface area (Å²) < 4.78 is 0. The minimum Gasteiger partial charge on any atom is -0.310 e. The van der Waals surface area contributed by atoms with Crippen LogP contribution in [0.2, 0.25) is 0 Å². The molecule has 17 heavy (non-hydrogen) atoms. The van der Waals surface area contributed by atoms with Gasteiger partial charge in [-0.15, -0.1) is 0 Å². The zero-order valence-corrected chi connectivity index (χ0v) is 10.1. The van der Waals surface area contributed by atoms with Gasteiger partial charge < -0.3 is 5.32 Å². The standard InChI is InChI=1S/C14H18N2O/c1-9-3-2-4-13(15-9)16-14(17)12-8-10-5-6-11(12)7-10/h2-4,10-12H,5-8H2,1H3,(H,15,16,17)/t10-,11-,12-/m1/s1. The first kappa shape index (κ1) is 10.8. The first-order valence-electron chi connectivity index (χ1n) is 6.47. The largest absolute Gasteiger partial charge is 0.310 e. The molecule has 90 valence electrons. The van der Waals surface area contributed by atoms with Gasteiger partial charge in [0.25, 0.3) is 0 Å². The molecular formula is C14H18N2O. The Hall–Kier alpha value is -1.38. The Morgan fingerprint density at radius 3 is 2.88 bits per heavy atom. The van der Waals surface area contributed by atoms with Crippen molar-refractivity contribution < 1.29 is 4.79 Å². The number of anilines is 1. The van der Waals surface area contributed by atoms with Gasteiger partial charge in [0.05, 0.1) is 0 Å². The highest BCUT2D eigenvalue weighted by Crippen LogP contribution is 2.48. The summed E-state index contributed by atoms with van der Waals surface area (Å²) in [6.45, 7) is 1.94. The fourth-order valence-corrected chi connectivity index (χ4v) is 3.40.